The molecule has 1 rings (SSSR count). The van der Waals surface area contributed by atoms with Gasteiger partial charge in [0.1, 0.15) is 0 Å². The van der Waals surface area contributed by atoms with Crippen molar-refractivity contribution in [1.82, 2.24) is 14.9 Å². The van der Waals surface area contributed by atoms with Gasteiger partial charge in [-0.2, -0.15) is 0 Å². The van der Waals surface area contributed by atoms with E-state index in [4.69, 9.17) is 5.73 Å². The van der Waals surface area contributed by atoms with Crippen LogP contribution in [0.5, 0.6) is 0 Å². The van der Waals surface area contributed by atoms with Crippen LogP contribution in [0.25, 0.3) is 0 Å². The number of carbonyl (C=O) groups is 1. The van der Waals surface area contributed by atoms with Crippen LogP contribution in [0.4, 0.5) is 0 Å². The number of nitrogens with zero attached hydrogens (tertiary/aromatic N) is 2. The number of nitrogens with one attached hydrogen (secondary N) is 1. The smallest absolute Gasteiger partial charge is 0.236 e. The van der Waals surface area contributed by atoms with Gasteiger partial charge >= 0.3 is 0 Å². The minimum atomic E-state index is -0.363. The third kappa shape index (κ3) is 4.44. The highest BCUT2D eigenvalue weighted by molar-refractivity contribution is 5.81. The van der Waals surface area contributed by atoms with Crippen LogP contribution in [-0.4, -0.2) is 28.0 Å². The fourth-order valence-electron chi connectivity index (χ4n) is 1.47. The van der Waals surface area contributed by atoms with E-state index in [9.17, 15) is 4.79 Å². The predicted octanol–water partition coefficient (Wildman–Crippen LogP) is 0.517. The fourth-order valence-corrected chi connectivity index (χ4v) is 1.47. The zero-order valence-electron chi connectivity index (χ0n) is 9.72. The van der Waals surface area contributed by atoms with Crippen LogP contribution in [0.2, 0.25) is 0 Å². The number of carbonyl (C=O) groups excluding carboxylic acids is 1. The van der Waals surface area contributed by atoms with Crippen LogP contribution < -0.4 is 11.1 Å². The van der Waals surface area contributed by atoms with Gasteiger partial charge in [0.2, 0.25) is 5.91 Å². The molecule has 0 unspecified atom stereocenters. The highest BCUT2D eigenvalue weighted by Crippen LogP contribution is 1.93. The minimum Gasteiger partial charge on any atom is -0.355 e. The first-order valence-electron chi connectivity index (χ1n) is 5.73. The summed E-state index contributed by atoms with van der Waals surface area (Å²) in [6.45, 7) is 3.55. The molecule has 0 aliphatic carbocycles. The van der Waals surface area contributed by atoms with Gasteiger partial charge in [0.05, 0.1) is 12.4 Å². The Balaban J connectivity index is 2.08. The highest BCUT2D eigenvalue weighted by Gasteiger charge is 2.10. The summed E-state index contributed by atoms with van der Waals surface area (Å²) in [6, 6.07) is -0.363. The molecule has 0 radical (unpaired) electrons. The number of aryl methyl sites for hydroxylation is 1. The second-order valence-electron chi connectivity index (χ2n) is 3.84. The zero-order valence-corrected chi connectivity index (χ0v) is 9.72. The molecule has 3 N–H and O–H groups in total. The summed E-state index contributed by atoms with van der Waals surface area (Å²) in [4.78, 5) is 15.4. The van der Waals surface area contributed by atoms with E-state index in [1.54, 1.807) is 12.5 Å². The molecule has 5 heteroatoms. The number of imidazole rings is 1. The van der Waals surface area contributed by atoms with Gasteiger partial charge in [0, 0.05) is 25.5 Å². The van der Waals surface area contributed by atoms with Crippen molar-refractivity contribution >= 4 is 5.91 Å². The average Bonchev–Trinajstić information content (AvgIpc) is 2.77. The zero-order chi connectivity index (χ0) is 11.8. The minimum absolute atomic E-state index is 0.0486. The van der Waals surface area contributed by atoms with Gasteiger partial charge in [-0.05, 0) is 12.8 Å². The fraction of sp³-hybridized carbons (Fsp3) is 0.636. The Kier molecular flexibility index (Phi) is 5.56. The van der Waals surface area contributed by atoms with E-state index >= 15 is 0 Å². The molecule has 1 amide bonds. The summed E-state index contributed by atoms with van der Waals surface area (Å²) in [7, 11) is 0. The van der Waals surface area contributed by atoms with Crippen LogP contribution >= 0.6 is 0 Å². The third-order valence-corrected chi connectivity index (χ3v) is 2.39. The number of aromatic nitrogens is 2. The van der Waals surface area contributed by atoms with Crippen molar-refractivity contribution in [3.8, 4) is 0 Å². The number of nitrogens with two attached hydrogens (primary N) is 1. The third-order valence-electron chi connectivity index (χ3n) is 2.39. The highest BCUT2D eigenvalue weighted by atomic mass is 16.2. The molecular weight excluding hydrogens is 204 g/mol. The Bertz CT molecular complexity index is 297. The molecule has 16 heavy (non-hydrogen) atoms. The molecule has 0 spiro atoms. The first kappa shape index (κ1) is 12.7. The molecule has 1 atom stereocenters. The van der Waals surface area contributed by atoms with Gasteiger partial charge in [-0.1, -0.05) is 13.3 Å². The summed E-state index contributed by atoms with van der Waals surface area (Å²) in [5.74, 6) is -0.0486. The summed E-state index contributed by atoms with van der Waals surface area (Å²) in [5.41, 5.74) is 5.68. The molecule has 0 saturated heterocycles. The number of hydrogen-bond acceptors (Lipinski definition) is 3. The number of amides is 1. The molecule has 5 nitrogen and oxygen atoms in total. The summed E-state index contributed by atoms with van der Waals surface area (Å²) >= 11 is 0. The summed E-state index contributed by atoms with van der Waals surface area (Å²) < 4.78 is 1.98. The second-order valence-corrected chi connectivity index (χ2v) is 3.84. The standard InChI is InChI=1S/C11H20N4O/c1-2-4-10(12)11(16)14-5-3-7-15-8-6-13-9-15/h6,8-10H,2-5,7,12H2,1H3,(H,14,16)/t10-/m0/s1. The number of hydrogen-bond donors (Lipinski definition) is 2. The monoisotopic (exact) mass is 224 g/mol. The van der Waals surface area contributed by atoms with Gasteiger partial charge in [-0.15, -0.1) is 0 Å². The molecule has 0 saturated carbocycles. The SMILES string of the molecule is CCC[C@H](N)C(=O)NCCCn1ccnc1. The Morgan fingerprint density at radius 3 is 3.06 bits per heavy atom. The van der Waals surface area contributed by atoms with Crippen molar-refractivity contribution in [1.29, 1.82) is 0 Å². The van der Waals surface area contributed by atoms with E-state index in [0.29, 0.717) is 6.54 Å². The van der Waals surface area contributed by atoms with Crippen molar-refractivity contribution in [2.75, 3.05) is 6.54 Å². The Morgan fingerprint density at radius 2 is 2.44 bits per heavy atom. The number of rotatable bonds is 7. The topological polar surface area (TPSA) is 72.9 Å². The van der Waals surface area contributed by atoms with E-state index in [0.717, 1.165) is 25.8 Å². The van der Waals surface area contributed by atoms with Crippen molar-refractivity contribution in [3.05, 3.63) is 18.7 Å². The normalized spacial score (nSPS) is 12.4. The van der Waals surface area contributed by atoms with Crippen molar-refractivity contribution < 1.29 is 4.79 Å². The van der Waals surface area contributed by atoms with Crippen LogP contribution in [0.15, 0.2) is 18.7 Å². The average molecular weight is 224 g/mol. The maximum Gasteiger partial charge on any atom is 0.236 e. The second kappa shape index (κ2) is 7.00. The van der Waals surface area contributed by atoms with Gasteiger partial charge in [-0.3, -0.25) is 4.79 Å². The lowest BCUT2D eigenvalue weighted by atomic mass is 10.2. The van der Waals surface area contributed by atoms with Gasteiger partial charge in [-0.25, -0.2) is 4.98 Å². The largest absolute Gasteiger partial charge is 0.355 e. The van der Waals surface area contributed by atoms with Gasteiger partial charge in [0.25, 0.3) is 0 Å². The van der Waals surface area contributed by atoms with Gasteiger partial charge in [0.15, 0.2) is 0 Å². The molecule has 1 aromatic rings. The molecule has 0 aliphatic rings. The Hall–Kier alpha value is -1.36. The van der Waals surface area contributed by atoms with E-state index in [2.05, 4.69) is 10.3 Å². The summed E-state index contributed by atoms with van der Waals surface area (Å²) in [5, 5.41) is 2.83. The van der Waals surface area contributed by atoms with E-state index in [1.807, 2.05) is 17.7 Å². The molecular formula is C11H20N4O. The quantitative estimate of drug-likeness (QED) is 0.663. The molecule has 1 heterocycles. The van der Waals surface area contributed by atoms with Crippen LogP contribution in [-0.2, 0) is 11.3 Å². The molecule has 0 bridgehead atoms. The van der Waals surface area contributed by atoms with Gasteiger partial charge < -0.3 is 15.6 Å². The molecule has 1 aromatic heterocycles. The lowest BCUT2D eigenvalue weighted by Crippen LogP contribution is -2.40. The van der Waals surface area contributed by atoms with Crippen LogP contribution in [0, 0.1) is 0 Å². The lowest BCUT2D eigenvalue weighted by molar-refractivity contribution is -0.122. The maximum absolute atomic E-state index is 11.4. The van der Waals surface area contributed by atoms with Crippen LogP contribution in [0.3, 0.4) is 0 Å². The van der Waals surface area contributed by atoms with Crippen molar-refractivity contribution in [2.45, 2.75) is 38.8 Å². The Morgan fingerprint density at radius 1 is 1.62 bits per heavy atom. The van der Waals surface area contributed by atoms with E-state index in [-0.39, 0.29) is 11.9 Å². The maximum atomic E-state index is 11.4. The molecule has 90 valence electrons. The van der Waals surface area contributed by atoms with Crippen molar-refractivity contribution in [2.24, 2.45) is 5.73 Å². The molecule has 0 aromatic carbocycles. The van der Waals surface area contributed by atoms with Crippen molar-refractivity contribution in [3.63, 3.8) is 0 Å². The first-order chi connectivity index (χ1) is 7.74. The summed E-state index contributed by atoms with van der Waals surface area (Å²) in [6.07, 6.45) is 7.99. The molecule has 0 fully saturated rings. The van der Waals surface area contributed by atoms with E-state index in [1.165, 1.54) is 0 Å². The van der Waals surface area contributed by atoms with E-state index < -0.39 is 0 Å². The lowest BCUT2D eigenvalue weighted by Gasteiger charge is -2.11. The predicted molar refractivity (Wildman–Crippen MR) is 62.7 cm³/mol. The van der Waals surface area contributed by atoms with Crippen LogP contribution in [0.1, 0.15) is 26.2 Å². The first-order valence-corrected chi connectivity index (χ1v) is 5.73. The Labute approximate surface area is 96.0 Å². The molecule has 0 aliphatic heterocycles.